The Morgan fingerprint density at radius 2 is 1.83 bits per heavy atom. The fraction of sp³-hybridized carbons (Fsp3) is 0.600. The predicted molar refractivity (Wildman–Crippen MR) is 96.1 cm³/mol. The zero-order valence-electron chi connectivity index (χ0n) is 14.4. The summed E-state index contributed by atoms with van der Waals surface area (Å²) < 4.78 is 11.5. The highest BCUT2D eigenvalue weighted by Crippen LogP contribution is 2.34. The topological polar surface area (TPSA) is 37.6 Å². The van der Waals surface area contributed by atoms with Gasteiger partial charge in [-0.25, -0.2) is 0 Å². The van der Waals surface area contributed by atoms with Crippen LogP contribution in [0, 0.1) is 0 Å². The van der Waals surface area contributed by atoms with E-state index in [1.165, 1.54) is 37.5 Å². The third-order valence-electron chi connectivity index (χ3n) is 5.70. The van der Waals surface area contributed by atoms with Gasteiger partial charge in [-0.2, -0.15) is 0 Å². The minimum atomic E-state index is 0.314. The average Bonchev–Trinajstić information content (AvgIpc) is 3.06. The van der Waals surface area contributed by atoms with E-state index in [0.29, 0.717) is 5.54 Å². The smallest absolute Gasteiger partial charge is 0.134 e. The Morgan fingerprint density at radius 1 is 1.04 bits per heavy atom. The van der Waals surface area contributed by atoms with Crippen molar-refractivity contribution in [2.24, 2.45) is 0 Å². The largest absolute Gasteiger partial charge is 0.460 e. The number of ether oxygens (including phenoxy) is 1. The van der Waals surface area contributed by atoms with E-state index in [4.69, 9.17) is 9.15 Å². The third kappa shape index (κ3) is 3.37. The number of nitrogens with one attached hydrogen (secondary N) is 1. The number of benzene rings is 1. The van der Waals surface area contributed by atoms with Crippen molar-refractivity contribution in [2.75, 3.05) is 32.8 Å². The van der Waals surface area contributed by atoms with E-state index in [2.05, 4.69) is 28.4 Å². The van der Waals surface area contributed by atoms with Gasteiger partial charge in [0.2, 0.25) is 0 Å². The number of hydrogen-bond acceptors (Lipinski definition) is 4. The molecule has 1 saturated carbocycles. The summed E-state index contributed by atoms with van der Waals surface area (Å²) in [5.41, 5.74) is 1.29. The molecule has 1 aliphatic heterocycles. The van der Waals surface area contributed by atoms with Crippen LogP contribution >= 0.6 is 0 Å². The van der Waals surface area contributed by atoms with E-state index in [-0.39, 0.29) is 0 Å². The Morgan fingerprint density at radius 3 is 2.62 bits per heavy atom. The number of para-hydroxylation sites is 1. The van der Waals surface area contributed by atoms with Crippen molar-refractivity contribution in [3.05, 3.63) is 36.1 Å². The third-order valence-corrected chi connectivity index (χ3v) is 5.70. The van der Waals surface area contributed by atoms with Crippen LogP contribution in [-0.4, -0.2) is 43.3 Å². The van der Waals surface area contributed by atoms with Crippen molar-refractivity contribution in [1.82, 2.24) is 10.2 Å². The minimum Gasteiger partial charge on any atom is -0.460 e. The monoisotopic (exact) mass is 328 g/mol. The van der Waals surface area contributed by atoms with Gasteiger partial charge in [0.25, 0.3) is 0 Å². The quantitative estimate of drug-likeness (QED) is 0.911. The molecule has 0 amide bonds. The molecular weight excluding hydrogens is 300 g/mol. The van der Waals surface area contributed by atoms with Gasteiger partial charge < -0.3 is 14.5 Å². The first-order valence-electron chi connectivity index (χ1n) is 9.37. The van der Waals surface area contributed by atoms with E-state index in [9.17, 15) is 0 Å². The molecule has 0 atom stereocenters. The molecule has 1 aromatic carbocycles. The summed E-state index contributed by atoms with van der Waals surface area (Å²) in [7, 11) is 0. The van der Waals surface area contributed by atoms with Crippen LogP contribution in [0.2, 0.25) is 0 Å². The summed E-state index contributed by atoms with van der Waals surface area (Å²) in [5.74, 6) is 1.03. The molecule has 24 heavy (non-hydrogen) atoms. The van der Waals surface area contributed by atoms with Gasteiger partial charge in [-0.15, -0.1) is 0 Å². The van der Waals surface area contributed by atoms with E-state index in [0.717, 1.165) is 50.7 Å². The molecule has 4 heteroatoms. The summed E-state index contributed by atoms with van der Waals surface area (Å²) >= 11 is 0. The molecule has 1 aromatic heterocycles. The molecule has 2 fully saturated rings. The SMILES string of the molecule is c1ccc2oc(CNCC3(N4CCOCC4)CCCCC3)cc2c1. The van der Waals surface area contributed by atoms with Crippen molar-refractivity contribution in [3.63, 3.8) is 0 Å². The molecule has 0 unspecified atom stereocenters. The number of furan rings is 1. The predicted octanol–water partition coefficient (Wildman–Crippen LogP) is 3.56. The number of nitrogens with zero attached hydrogens (tertiary/aromatic N) is 1. The zero-order chi connectivity index (χ0) is 16.2. The first-order chi connectivity index (χ1) is 11.9. The normalized spacial score (nSPS) is 22.0. The number of hydrogen-bond donors (Lipinski definition) is 1. The highest BCUT2D eigenvalue weighted by molar-refractivity contribution is 5.77. The molecule has 0 bridgehead atoms. The van der Waals surface area contributed by atoms with Gasteiger partial charge in [0, 0.05) is 30.6 Å². The maximum absolute atomic E-state index is 5.94. The lowest BCUT2D eigenvalue weighted by atomic mass is 9.79. The second-order valence-corrected chi connectivity index (χ2v) is 7.24. The molecule has 1 saturated heterocycles. The van der Waals surface area contributed by atoms with Crippen LogP contribution < -0.4 is 5.32 Å². The Bertz CT molecular complexity index is 621. The second-order valence-electron chi connectivity index (χ2n) is 7.24. The maximum Gasteiger partial charge on any atom is 0.134 e. The van der Waals surface area contributed by atoms with Gasteiger partial charge in [0.1, 0.15) is 11.3 Å². The molecule has 2 heterocycles. The van der Waals surface area contributed by atoms with Gasteiger partial charge in [-0.3, -0.25) is 4.90 Å². The van der Waals surface area contributed by atoms with Crippen LogP contribution in [0.1, 0.15) is 37.9 Å². The molecule has 2 aromatic rings. The second kappa shape index (κ2) is 7.26. The summed E-state index contributed by atoms with van der Waals surface area (Å²) in [6.45, 7) is 5.76. The lowest BCUT2D eigenvalue weighted by Gasteiger charge is -2.48. The van der Waals surface area contributed by atoms with Crippen molar-refractivity contribution >= 4 is 11.0 Å². The van der Waals surface area contributed by atoms with Crippen LogP contribution in [0.3, 0.4) is 0 Å². The van der Waals surface area contributed by atoms with Crippen molar-refractivity contribution < 1.29 is 9.15 Å². The van der Waals surface area contributed by atoms with Crippen LogP contribution in [-0.2, 0) is 11.3 Å². The zero-order valence-corrected chi connectivity index (χ0v) is 14.4. The van der Waals surface area contributed by atoms with Crippen LogP contribution in [0.25, 0.3) is 11.0 Å². The van der Waals surface area contributed by atoms with Gasteiger partial charge in [-0.1, -0.05) is 37.5 Å². The first-order valence-corrected chi connectivity index (χ1v) is 9.37. The molecule has 0 radical (unpaired) electrons. The highest BCUT2D eigenvalue weighted by atomic mass is 16.5. The van der Waals surface area contributed by atoms with Gasteiger partial charge in [-0.05, 0) is 25.0 Å². The molecule has 1 aliphatic carbocycles. The molecule has 0 spiro atoms. The van der Waals surface area contributed by atoms with Crippen molar-refractivity contribution in [3.8, 4) is 0 Å². The van der Waals surface area contributed by atoms with Crippen LogP contribution in [0.15, 0.2) is 34.7 Å². The van der Waals surface area contributed by atoms with E-state index >= 15 is 0 Å². The summed E-state index contributed by atoms with van der Waals surface area (Å²) in [6, 6.07) is 10.4. The fourth-order valence-electron chi connectivity index (χ4n) is 4.39. The first kappa shape index (κ1) is 16.1. The molecule has 2 aliphatic rings. The van der Waals surface area contributed by atoms with Crippen molar-refractivity contribution in [2.45, 2.75) is 44.2 Å². The minimum absolute atomic E-state index is 0.314. The molecule has 1 N–H and O–H groups in total. The summed E-state index contributed by atoms with van der Waals surface area (Å²) in [4.78, 5) is 2.68. The van der Waals surface area contributed by atoms with E-state index in [1.807, 2.05) is 12.1 Å². The molecule has 4 nitrogen and oxygen atoms in total. The van der Waals surface area contributed by atoms with Gasteiger partial charge in [0.15, 0.2) is 0 Å². The van der Waals surface area contributed by atoms with Crippen molar-refractivity contribution in [1.29, 1.82) is 0 Å². The van der Waals surface area contributed by atoms with Gasteiger partial charge in [0.05, 0.1) is 19.8 Å². The summed E-state index contributed by atoms with van der Waals surface area (Å²) in [5, 5.41) is 4.88. The van der Waals surface area contributed by atoms with Crippen LogP contribution in [0.5, 0.6) is 0 Å². The molecular formula is C20H28N2O2. The van der Waals surface area contributed by atoms with E-state index < -0.39 is 0 Å². The molecule has 4 rings (SSSR count). The highest BCUT2D eigenvalue weighted by Gasteiger charge is 2.38. The summed E-state index contributed by atoms with van der Waals surface area (Å²) in [6.07, 6.45) is 6.70. The number of rotatable bonds is 5. The Labute approximate surface area is 144 Å². The fourth-order valence-corrected chi connectivity index (χ4v) is 4.39. The Balaban J connectivity index is 1.41. The standard InChI is InChI=1S/C20H28N2O2/c1-4-8-20(9-5-1,22-10-12-23-13-11-22)16-21-15-18-14-17-6-2-3-7-19(17)24-18/h2-3,6-7,14,21H,1,4-5,8-13,15-16H2. The molecule has 130 valence electrons. The Hall–Kier alpha value is -1.36. The number of fused-ring (bicyclic) bond motifs is 1. The van der Waals surface area contributed by atoms with E-state index in [1.54, 1.807) is 0 Å². The lowest BCUT2D eigenvalue weighted by molar-refractivity contribution is -0.0370. The van der Waals surface area contributed by atoms with Gasteiger partial charge >= 0.3 is 0 Å². The number of morpholine rings is 1. The maximum atomic E-state index is 5.94. The average molecular weight is 328 g/mol. The lowest BCUT2D eigenvalue weighted by Crippen LogP contribution is -2.59. The Kier molecular flexibility index (Phi) is 4.88. The van der Waals surface area contributed by atoms with Crippen LogP contribution in [0.4, 0.5) is 0 Å².